The molecule has 2 aromatic rings. The highest BCUT2D eigenvalue weighted by Crippen LogP contribution is 2.16. The summed E-state index contributed by atoms with van der Waals surface area (Å²) in [5, 5.41) is 5.87. The lowest BCUT2D eigenvalue weighted by atomic mass is 10.2. The van der Waals surface area contributed by atoms with E-state index in [1.807, 2.05) is 0 Å². The molecule has 0 atom stereocenters. The molecule has 138 valence electrons. The summed E-state index contributed by atoms with van der Waals surface area (Å²) in [6.07, 6.45) is 2.75. The molecule has 2 rings (SSSR count). The molecule has 0 spiro atoms. The standard InChI is InChI=1S/C18H22N4O3S/c1-3-4-5-15-10-16(24)22-18(21-15)26-11-17(25)20-14-8-6-13(7-9-14)19-12(2)23/h6-10H,3-5,11H2,1-2H3,(H,19,23)(H,20,25)(H,21,22,24). The van der Waals surface area contributed by atoms with Crippen molar-refractivity contribution < 1.29 is 9.59 Å². The molecule has 0 bridgehead atoms. The van der Waals surface area contributed by atoms with Crippen molar-refractivity contribution in [3.63, 3.8) is 0 Å². The second-order valence-corrected chi connectivity index (χ2v) is 6.70. The number of aryl methyl sites for hydroxylation is 1. The van der Waals surface area contributed by atoms with Crippen LogP contribution < -0.4 is 16.2 Å². The Hall–Kier alpha value is -2.61. The summed E-state index contributed by atoms with van der Waals surface area (Å²) in [6, 6.07) is 8.33. The Balaban J connectivity index is 1.89. The van der Waals surface area contributed by atoms with Gasteiger partial charge in [0.05, 0.1) is 5.75 Å². The van der Waals surface area contributed by atoms with Crippen molar-refractivity contribution >= 4 is 35.0 Å². The molecule has 0 saturated heterocycles. The van der Waals surface area contributed by atoms with Crippen LogP contribution in [0.25, 0.3) is 0 Å². The van der Waals surface area contributed by atoms with Crippen molar-refractivity contribution in [3.05, 3.63) is 46.4 Å². The Morgan fingerprint density at radius 1 is 1.15 bits per heavy atom. The molecular weight excluding hydrogens is 352 g/mol. The van der Waals surface area contributed by atoms with Crippen molar-refractivity contribution in [2.75, 3.05) is 16.4 Å². The minimum atomic E-state index is -0.206. The van der Waals surface area contributed by atoms with Gasteiger partial charge in [-0.15, -0.1) is 0 Å². The van der Waals surface area contributed by atoms with Gasteiger partial charge < -0.3 is 15.6 Å². The molecule has 0 fully saturated rings. The number of carbonyl (C=O) groups is 2. The van der Waals surface area contributed by atoms with Gasteiger partial charge in [0.15, 0.2) is 5.16 Å². The minimum Gasteiger partial charge on any atom is -0.326 e. The normalized spacial score (nSPS) is 10.4. The van der Waals surface area contributed by atoms with Gasteiger partial charge >= 0.3 is 0 Å². The van der Waals surface area contributed by atoms with Crippen LogP contribution in [0.4, 0.5) is 11.4 Å². The van der Waals surface area contributed by atoms with Gasteiger partial charge in [0.25, 0.3) is 5.56 Å². The lowest BCUT2D eigenvalue weighted by Gasteiger charge is -2.07. The smallest absolute Gasteiger partial charge is 0.251 e. The third kappa shape index (κ3) is 6.72. The number of aromatic amines is 1. The monoisotopic (exact) mass is 374 g/mol. The Morgan fingerprint density at radius 2 is 1.81 bits per heavy atom. The lowest BCUT2D eigenvalue weighted by molar-refractivity contribution is -0.114. The summed E-state index contributed by atoms with van der Waals surface area (Å²) in [4.78, 5) is 41.8. The number of unbranched alkanes of at least 4 members (excludes halogenated alkanes) is 1. The number of H-pyrrole nitrogens is 1. The van der Waals surface area contributed by atoms with Crippen molar-refractivity contribution in [2.24, 2.45) is 0 Å². The van der Waals surface area contributed by atoms with Crippen LogP contribution >= 0.6 is 11.8 Å². The summed E-state index contributed by atoms with van der Waals surface area (Å²) < 4.78 is 0. The summed E-state index contributed by atoms with van der Waals surface area (Å²) in [7, 11) is 0. The number of aromatic nitrogens is 2. The predicted octanol–water partition coefficient (Wildman–Crippen LogP) is 2.80. The number of hydrogen-bond donors (Lipinski definition) is 3. The number of nitrogens with zero attached hydrogens (tertiary/aromatic N) is 1. The van der Waals surface area contributed by atoms with E-state index in [0.717, 1.165) is 25.0 Å². The molecule has 0 unspecified atom stereocenters. The van der Waals surface area contributed by atoms with E-state index in [9.17, 15) is 14.4 Å². The number of thioether (sulfide) groups is 1. The topological polar surface area (TPSA) is 104 Å². The number of carbonyl (C=O) groups excluding carboxylic acids is 2. The van der Waals surface area contributed by atoms with E-state index in [-0.39, 0.29) is 23.1 Å². The number of hydrogen-bond acceptors (Lipinski definition) is 5. The van der Waals surface area contributed by atoms with Crippen molar-refractivity contribution in [3.8, 4) is 0 Å². The molecule has 1 aromatic carbocycles. The molecule has 0 saturated carbocycles. The number of amides is 2. The fourth-order valence-corrected chi connectivity index (χ4v) is 2.90. The summed E-state index contributed by atoms with van der Waals surface area (Å²) >= 11 is 1.19. The maximum absolute atomic E-state index is 12.1. The average Bonchev–Trinajstić information content (AvgIpc) is 2.59. The molecule has 7 nitrogen and oxygen atoms in total. The maximum Gasteiger partial charge on any atom is 0.251 e. The number of benzene rings is 1. The Bertz CT molecular complexity index is 818. The van der Waals surface area contributed by atoms with Crippen molar-refractivity contribution in [1.29, 1.82) is 0 Å². The number of nitrogens with one attached hydrogen (secondary N) is 3. The predicted molar refractivity (Wildman–Crippen MR) is 104 cm³/mol. The van der Waals surface area contributed by atoms with Gasteiger partial charge in [-0.3, -0.25) is 14.4 Å². The molecule has 8 heteroatoms. The van der Waals surface area contributed by atoms with E-state index in [1.165, 1.54) is 24.8 Å². The van der Waals surface area contributed by atoms with Gasteiger partial charge in [-0.05, 0) is 37.1 Å². The van der Waals surface area contributed by atoms with Crippen LogP contribution in [0.5, 0.6) is 0 Å². The third-order valence-electron chi connectivity index (χ3n) is 3.39. The zero-order valence-corrected chi connectivity index (χ0v) is 15.6. The largest absolute Gasteiger partial charge is 0.326 e. The van der Waals surface area contributed by atoms with Gasteiger partial charge in [0.1, 0.15) is 0 Å². The Kier molecular flexibility index (Phi) is 7.40. The Labute approximate surface area is 156 Å². The second kappa shape index (κ2) is 9.76. The van der Waals surface area contributed by atoms with Crippen LogP contribution in [0, 0.1) is 0 Å². The van der Waals surface area contributed by atoms with E-state index in [2.05, 4.69) is 27.5 Å². The van der Waals surface area contributed by atoms with E-state index >= 15 is 0 Å². The van der Waals surface area contributed by atoms with Crippen LogP contribution in [-0.2, 0) is 16.0 Å². The highest BCUT2D eigenvalue weighted by atomic mass is 32.2. The molecule has 2 amide bonds. The van der Waals surface area contributed by atoms with Crippen LogP contribution in [0.15, 0.2) is 40.3 Å². The molecular formula is C18H22N4O3S. The molecule has 3 N–H and O–H groups in total. The fraction of sp³-hybridized carbons (Fsp3) is 0.333. The van der Waals surface area contributed by atoms with Crippen molar-refractivity contribution in [2.45, 2.75) is 38.3 Å². The van der Waals surface area contributed by atoms with E-state index in [0.29, 0.717) is 16.5 Å². The lowest BCUT2D eigenvalue weighted by Crippen LogP contribution is -2.16. The van der Waals surface area contributed by atoms with Gasteiger partial charge in [-0.25, -0.2) is 4.98 Å². The van der Waals surface area contributed by atoms with E-state index < -0.39 is 0 Å². The zero-order chi connectivity index (χ0) is 18.9. The molecule has 0 aliphatic carbocycles. The number of anilines is 2. The van der Waals surface area contributed by atoms with Crippen LogP contribution in [0.1, 0.15) is 32.4 Å². The van der Waals surface area contributed by atoms with Gasteiger partial charge in [0, 0.05) is 30.1 Å². The van der Waals surface area contributed by atoms with Gasteiger partial charge in [-0.1, -0.05) is 25.1 Å². The SMILES string of the molecule is CCCCc1cc(=O)[nH]c(SCC(=O)Nc2ccc(NC(C)=O)cc2)n1. The van der Waals surface area contributed by atoms with Crippen LogP contribution in [0.3, 0.4) is 0 Å². The Morgan fingerprint density at radius 3 is 2.42 bits per heavy atom. The number of rotatable bonds is 8. The highest BCUT2D eigenvalue weighted by molar-refractivity contribution is 7.99. The molecule has 0 aliphatic rings. The van der Waals surface area contributed by atoms with E-state index in [4.69, 9.17) is 0 Å². The van der Waals surface area contributed by atoms with Gasteiger partial charge in [0.2, 0.25) is 11.8 Å². The second-order valence-electron chi connectivity index (χ2n) is 5.74. The molecule has 0 aliphatic heterocycles. The zero-order valence-electron chi connectivity index (χ0n) is 14.8. The van der Waals surface area contributed by atoms with Crippen LogP contribution in [-0.4, -0.2) is 27.5 Å². The molecule has 26 heavy (non-hydrogen) atoms. The van der Waals surface area contributed by atoms with Gasteiger partial charge in [-0.2, -0.15) is 0 Å². The molecule has 1 aromatic heterocycles. The van der Waals surface area contributed by atoms with Crippen molar-refractivity contribution in [1.82, 2.24) is 9.97 Å². The summed E-state index contributed by atoms with van der Waals surface area (Å²) in [5.41, 5.74) is 1.83. The van der Waals surface area contributed by atoms with Crippen LogP contribution in [0.2, 0.25) is 0 Å². The average molecular weight is 374 g/mol. The third-order valence-corrected chi connectivity index (χ3v) is 4.26. The maximum atomic E-state index is 12.1. The molecule has 0 radical (unpaired) electrons. The summed E-state index contributed by atoms with van der Waals surface area (Å²) in [6.45, 7) is 3.51. The van der Waals surface area contributed by atoms with E-state index in [1.54, 1.807) is 24.3 Å². The fourth-order valence-electron chi connectivity index (χ4n) is 2.21. The minimum absolute atomic E-state index is 0.133. The summed E-state index contributed by atoms with van der Waals surface area (Å²) in [5.74, 6) is -0.224. The first-order chi connectivity index (χ1) is 12.5. The quantitative estimate of drug-likeness (QED) is 0.487. The first kappa shape index (κ1) is 19.7. The first-order valence-corrected chi connectivity index (χ1v) is 9.35. The molecule has 1 heterocycles. The first-order valence-electron chi connectivity index (χ1n) is 8.37. The highest BCUT2D eigenvalue weighted by Gasteiger charge is 2.07.